The molecule has 3 rings (SSSR count). The number of aromatic nitrogens is 4. The maximum absolute atomic E-state index is 11.6. The average molecular weight is 272 g/mol. The number of hydrogen-bond donors (Lipinski definition) is 1. The first-order chi connectivity index (χ1) is 9.61. The van der Waals surface area contributed by atoms with Crippen molar-refractivity contribution >= 4 is 22.8 Å². The normalized spacial score (nSPS) is 18.6. The molecule has 2 aromatic heterocycles. The molecule has 0 unspecified atom stereocenters. The molecular formula is C13H16N6O. The molecule has 7 nitrogen and oxygen atoms in total. The zero-order valence-electron chi connectivity index (χ0n) is 11.3. The zero-order chi connectivity index (χ0) is 14.3. The first kappa shape index (κ1) is 12.6. The van der Waals surface area contributed by atoms with Crippen LogP contribution in [0.3, 0.4) is 0 Å². The first-order valence-electron chi connectivity index (χ1n) is 6.48. The summed E-state index contributed by atoms with van der Waals surface area (Å²) in [5, 5.41) is 5.32. The van der Waals surface area contributed by atoms with Gasteiger partial charge in [-0.2, -0.15) is 5.10 Å². The van der Waals surface area contributed by atoms with Crippen molar-refractivity contribution in [1.82, 2.24) is 24.6 Å². The molecule has 0 spiro atoms. The molecule has 1 aliphatic rings. The van der Waals surface area contributed by atoms with Crippen LogP contribution in [0.15, 0.2) is 19.0 Å². The molecule has 0 saturated carbocycles. The van der Waals surface area contributed by atoms with E-state index in [-0.39, 0.29) is 11.9 Å². The highest BCUT2D eigenvalue weighted by Gasteiger charge is 2.28. The topological polar surface area (TPSA) is 89.9 Å². The highest BCUT2D eigenvalue weighted by atomic mass is 16.2. The van der Waals surface area contributed by atoms with Gasteiger partial charge >= 0.3 is 0 Å². The van der Waals surface area contributed by atoms with Crippen LogP contribution in [0.4, 0.5) is 5.82 Å². The SMILES string of the molecule is C=CC(=O)N1CC[C@H](n2nc(C)c3c(N)ncnc32)C1. The Balaban J connectivity index is 1.98. The number of nitrogens with two attached hydrogens (primary N) is 1. The summed E-state index contributed by atoms with van der Waals surface area (Å²) in [5.74, 6) is 0.394. The molecule has 0 bridgehead atoms. The largest absolute Gasteiger partial charge is 0.383 e. The van der Waals surface area contributed by atoms with E-state index in [9.17, 15) is 4.79 Å². The van der Waals surface area contributed by atoms with Crippen LogP contribution in [0.1, 0.15) is 18.2 Å². The molecule has 0 radical (unpaired) electrons. The van der Waals surface area contributed by atoms with Gasteiger partial charge in [-0.3, -0.25) is 4.79 Å². The number of rotatable bonds is 2. The van der Waals surface area contributed by atoms with Gasteiger partial charge in [0.1, 0.15) is 12.1 Å². The van der Waals surface area contributed by atoms with Gasteiger partial charge in [-0.15, -0.1) is 0 Å². The summed E-state index contributed by atoms with van der Waals surface area (Å²) >= 11 is 0. The fourth-order valence-corrected chi connectivity index (χ4v) is 2.69. The molecule has 3 heterocycles. The maximum Gasteiger partial charge on any atom is 0.246 e. The molecule has 1 aliphatic heterocycles. The smallest absolute Gasteiger partial charge is 0.246 e. The fraction of sp³-hybridized carbons (Fsp3) is 0.385. The third kappa shape index (κ3) is 1.82. The molecule has 0 aromatic carbocycles. The highest BCUT2D eigenvalue weighted by Crippen LogP contribution is 2.28. The third-order valence-electron chi connectivity index (χ3n) is 3.69. The van der Waals surface area contributed by atoms with Crippen LogP contribution in [0.2, 0.25) is 0 Å². The van der Waals surface area contributed by atoms with E-state index in [1.807, 2.05) is 11.6 Å². The number of hydrogen-bond acceptors (Lipinski definition) is 5. The summed E-state index contributed by atoms with van der Waals surface area (Å²) < 4.78 is 1.86. The van der Waals surface area contributed by atoms with Crippen molar-refractivity contribution in [1.29, 1.82) is 0 Å². The number of likely N-dealkylation sites (tertiary alicyclic amines) is 1. The van der Waals surface area contributed by atoms with Gasteiger partial charge in [-0.1, -0.05) is 6.58 Å². The van der Waals surface area contributed by atoms with Gasteiger partial charge in [0.15, 0.2) is 5.65 Å². The standard InChI is InChI=1S/C13H16N6O/c1-3-10(20)18-5-4-9(6-18)19-13-11(8(2)17-19)12(14)15-7-16-13/h3,7,9H,1,4-6H2,2H3,(H2,14,15,16)/t9-/m0/s1. The second-order valence-electron chi connectivity index (χ2n) is 4.92. The van der Waals surface area contributed by atoms with E-state index < -0.39 is 0 Å². The minimum atomic E-state index is -0.0465. The number of nitrogens with zero attached hydrogens (tertiary/aromatic N) is 5. The molecule has 1 atom stereocenters. The van der Waals surface area contributed by atoms with Crippen LogP contribution < -0.4 is 5.73 Å². The van der Waals surface area contributed by atoms with Gasteiger partial charge in [0.25, 0.3) is 0 Å². The van der Waals surface area contributed by atoms with E-state index in [1.54, 1.807) is 4.90 Å². The van der Waals surface area contributed by atoms with Crippen molar-refractivity contribution in [3.8, 4) is 0 Å². The van der Waals surface area contributed by atoms with Crippen molar-refractivity contribution in [3.63, 3.8) is 0 Å². The van der Waals surface area contributed by atoms with E-state index in [1.165, 1.54) is 12.4 Å². The van der Waals surface area contributed by atoms with Gasteiger partial charge < -0.3 is 10.6 Å². The Labute approximate surface area is 116 Å². The highest BCUT2D eigenvalue weighted by molar-refractivity contribution is 5.88. The van der Waals surface area contributed by atoms with Crippen LogP contribution in [0.5, 0.6) is 0 Å². The van der Waals surface area contributed by atoms with Crippen LogP contribution in [0, 0.1) is 6.92 Å². The number of carbonyl (C=O) groups excluding carboxylic acids is 1. The number of aryl methyl sites for hydroxylation is 1. The lowest BCUT2D eigenvalue weighted by atomic mass is 10.2. The van der Waals surface area contributed by atoms with Crippen LogP contribution in [0.25, 0.3) is 11.0 Å². The van der Waals surface area contributed by atoms with Crippen LogP contribution >= 0.6 is 0 Å². The van der Waals surface area contributed by atoms with E-state index >= 15 is 0 Å². The predicted octanol–water partition coefficient (Wildman–Crippen LogP) is 0.676. The van der Waals surface area contributed by atoms with Crippen molar-refractivity contribution < 1.29 is 4.79 Å². The Morgan fingerprint density at radius 2 is 2.35 bits per heavy atom. The molecule has 104 valence electrons. The Kier molecular flexibility index (Phi) is 2.89. The Bertz CT molecular complexity index is 691. The number of amides is 1. The van der Waals surface area contributed by atoms with Gasteiger partial charge in [0.05, 0.1) is 17.1 Å². The lowest BCUT2D eigenvalue weighted by Crippen LogP contribution is -2.27. The fourth-order valence-electron chi connectivity index (χ4n) is 2.69. The first-order valence-corrected chi connectivity index (χ1v) is 6.48. The Morgan fingerprint density at radius 3 is 3.10 bits per heavy atom. The van der Waals surface area contributed by atoms with E-state index in [2.05, 4.69) is 21.6 Å². The second kappa shape index (κ2) is 4.59. The lowest BCUT2D eigenvalue weighted by molar-refractivity contribution is -0.125. The Hall–Kier alpha value is -2.44. The van der Waals surface area contributed by atoms with E-state index in [0.29, 0.717) is 18.9 Å². The predicted molar refractivity (Wildman–Crippen MR) is 74.9 cm³/mol. The molecule has 1 saturated heterocycles. The lowest BCUT2D eigenvalue weighted by Gasteiger charge is -2.14. The van der Waals surface area contributed by atoms with Gasteiger partial charge in [-0.25, -0.2) is 14.6 Å². The van der Waals surface area contributed by atoms with E-state index in [0.717, 1.165) is 23.1 Å². The summed E-state index contributed by atoms with van der Waals surface area (Å²) in [7, 11) is 0. The van der Waals surface area contributed by atoms with Crippen LogP contribution in [-0.2, 0) is 4.79 Å². The van der Waals surface area contributed by atoms with Crippen LogP contribution in [-0.4, -0.2) is 43.6 Å². The number of nitrogen functional groups attached to an aromatic ring is 1. The van der Waals surface area contributed by atoms with Crippen molar-refractivity contribution in [3.05, 3.63) is 24.7 Å². The molecule has 1 fully saturated rings. The average Bonchev–Trinajstić information content (AvgIpc) is 3.04. The number of carbonyl (C=O) groups is 1. The zero-order valence-corrected chi connectivity index (χ0v) is 11.3. The van der Waals surface area contributed by atoms with E-state index in [4.69, 9.17) is 5.73 Å². The minimum Gasteiger partial charge on any atom is -0.383 e. The van der Waals surface area contributed by atoms with Crippen molar-refractivity contribution in [2.75, 3.05) is 18.8 Å². The monoisotopic (exact) mass is 272 g/mol. The summed E-state index contributed by atoms with van der Waals surface area (Å²) in [6, 6.07) is 0.115. The molecule has 7 heteroatoms. The molecule has 2 aromatic rings. The molecule has 2 N–H and O–H groups in total. The summed E-state index contributed by atoms with van der Waals surface area (Å²) in [6.45, 7) is 6.73. The molecular weight excluding hydrogens is 256 g/mol. The van der Waals surface area contributed by atoms with Gasteiger partial charge in [-0.05, 0) is 19.4 Å². The summed E-state index contributed by atoms with van der Waals surface area (Å²) in [4.78, 5) is 21.7. The number of anilines is 1. The molecule has 20 heavy (non-hydrogen) atoms. The van der Waals surface area contributed by atoms with Gasteiger partial charge in [0.2, 0.25) is 5.91 Å². The second-order valence-corrected chi connectivity index (χ2v) is 4.92. The third-order valence-corrected chi connectivity index (χ3v) is 3.69. The number of fused-ring (bicyclic) bond motifs is 1. The molecule has 1 amide bonds. The quantitative estimate of drug-likeness (QED) is 0.812. The maximum atomic E-state index is 11.6. The summed E-state index contributed by atoms with van der Waals surface area (Å²) in [6.07, 6.45) is 3.63. The van der Waals surface area contributed by atoms with Gasteiger partial charge in [0, 0.05) is 13.1 Å². The molecule has 0 aliphatic carbocycles. The Morgan fingerprint density at radius 1 is 1.55 bits per heavy atom. The summed E-state index contributed by atoms with van der Waals surface area (Å²) in [5.41, 5.74) is 7.43. The van der Waals surface area contributed by atoms with Crippen molar-refractivity contribution in [2.45, 2.75) is 19.4 Å². The van der Waals surface area contributed by atoms with Crippen molar-refractivity contribution in [2.24, 2.45) is 0 Å². The minimum absolute atomic E-state index is 0.0465.